The third-order valence-electron chi connectivity index (χ3n) is 8.89. The standard InChI is InChI=1S/C44H34N4O8.4C2H3F3/c1-25-3-5-26(6-4-25)27-11-19-34(20-12-27)48-42(52)36-22-14-31(24-38(36)44(55)56)40(50)47-33-17-9-29(10-18-33)28-7-15-32(16-8-28)46-39(49)30-13-21-35(41(51)45-2)37(23-30)43(53)54;4*1-2(3,4)5/h3-24H,1-2H3,(H,45,51)(H,46,49)(H,47,50)(H,48,52)(H,53,54)(H,55,56);4*1H3. The van der Waals surface area contributed by atoms with Crippen LogP contribution in [0.2, 0.25) is 0 Å². The number of rotatable bonds is 11. The third kappa shape index (κ3) is 25.3. The van der Waals surface area contributed by atoms with Crippen LogP contribution in [-0.4, -0.2) is 77.5 Å². The molecule has 12 nitrogen and oxygen atoms in total. The Kier molecular flexibility index (Phi) is 23.0. The van der Waals surface area contributed by atoms with E-state index >= 15 is 0 Å². The second kappa shape index (κ2) is 27.5. The summed E-state index contributed by atoms with van der Waals surface area (Å²) in [6, 6.07) is 36.6. The largest absolute Gasteiger partial charge is 0.478 e. The summed E-state index contributed by atoms with van der Waals surface area (Å²) in [5, 5.41) is 30.0. The summed E-state index contributed by atoms with van der Waals surface area (Å²) in [6.07, 6.45) is -16.0. The highest BCUT2D eigenvalue weighted by Crippen LogP contribution is 2.26. The van der Waals surface area contributed by atoms with E-state index in [2.05, 4.69) is 21.3 Å². The van der Waals surface area contributed by atoms with Crippen molar-refractivity contribution in [2.24, 2.45) is 0 Å². The molecule has 0 saturated carbocycles. The Morgan fingerprint density at radius 2 is 0.592 bits per heavy atom. The Hall–Kier alpha value is -8.70. The molecule has 406 valence electrons. The van der Waals surface area contributed by atoms with E-state index < -0.39 is 60.3 Å². The lowest BCUT2D eigenvalue weighted by Crippen LogP contribution is -2.22. The fourth-order valence-corrected chi connectivity index (χ4v) is 5.84. The van der Waals surface area contributed by atoms with Crippen LogP contribution in [0.25, 0.3) is 22.3 Å². The summed E-state index contributed by atoms with van der Waals surface area (Å²) in [5.74, 6) is -5.05. The molecule has 4 amide bonds. The van der Waals surface area contributed by atoms with Crippen molar-refractivity contribution in [3.05, 3.63) is 172 Å². The fraction of sp³-hybridized carbons (Fsp3) is 0.192. The number of anilines is 3. The van der Waals surface area contributed by atoms with E-state index in [1.165, 1.54) is 31.3 Å². The van der Waals surface area contributed by atoms with Gasteiger partial charge in [0.1, 0.15) is 0 Å². The highest BCUT2D eigenvalue weighted by molar-refractivity contribution is 6.13. The maximum Gasteiger partial charge on any atom is 0.386 e. The maximum atomic E-state index is 13.1. The molecule has 76 heavy (non-hydrogen) atoms. The molecule has 6 aromatic rings. The molecule has 0 aliphatic rings. The number of carbonyl (C=O) groups excluding carboxylic acids is 4. The van der Waals surface area contributed by atoms with Crippen molar-refractivity contribution in [1.29, 1.82) is 0 Å². The lowest BCUT2D eigenvalue weighted by Gasteiger charge is -2.11. The van der Waals surface area contributed by atoms with Crippen LogP contribution < -0.4 is 21.3 Å². The smallest absolute Gasteiger partial charge is 0.386 e. The first kappa shape index (κ1) is 63.4. The van der Waals surface area contributed by atoms with E-state index in [9.17, 15) is 91.7 Å². The number of benzene rings is 6. The van der Waals surface area contributed by atoms with E-state index in [0.29, 0.717) is 17.1 Å². The summed E-state index contributed by atoms with van der Waals surface area (Å²) < 4.78 is 124. The van der Waals surface area contributed by atoms with Crippen molar-refractivity contribution in [3.8, 4) is 22.3 Å². The van der Waals surface area contributed by atoms with Crippen LogP contribution in [0.4, 0.5) is 69.7 Å². The highest BCUT2D eigenvalue weighted by atomic mass is 19.4. The maximum absolute atomic E-state index is 13.1. The predicted octanol–water partition coefficient (Wildman–Crippen LogP) is 14.1. The Balaban J connectivity index is 0.000000841. The molecule has 0 heterocycles. The molecule has 0 aliphatic carbocycles. The Labute approximate surface area is 425 Å². The summed E-state index contributed by atoms with van der Waals surface area (Å²) in [7, 11) is 1.38. The van der Waals surface area contributed by atoms with Gasteiger partial charge in [-0.25, -0.2) is 9.59 Å². The molecule has 0 saturated heterocycles. The number of alkyl halides is 12. The average Bonchev–Trinajstić information content (AvgIpc) is 3.29. The van der Waals surface area contributed by atoms with Gasteiger partial charge in [0, 0.05) is 62.9 Å². The van der Waals surface area contributed by atoms with Gasteiger partial charge in [-0.05, 0) is 102 Å². The van der Waals surface area contributed by atoms with Gasteiger partial charge in [0.05, 0.1) is 22.3 Å². The zero-order chi connectivity index (χ0) is 57.9. The zero-order valence-corrected chi connectivity index (χ0v) is 40.6. The molecular formula is C52H46F12N4O8. The number of aromatic carboxylic acids is 2. The summed E-state index contributed by atoms with van der Waals surface area (Å²) in [5.41, 5.74) is 5.41. The van der Waals surface area contributed by atoms with Crippen molar-refractivity contribution >= 4 is 52.6 Å². The predicted molar refractivity (Wildman–Crippen MR) is 259 cm³/mol. The van der Waals surface area contributed by atoms with Crippen molar-refractivity contribution in [2.75, 3.05) is 23.0 Å². The average molecular weight is 1080 g/mol. The number of aryl methyl sites for hydroxylation is 1. The number of hydrogen-bond donors (Lipinski definition) is 6. The van der Waals surface area contributed by atoms with Crippen molar-refractivity contribution in [2.45, 2.75) is 59.3 Å². The quantitative estimate of drug-likeness (QED) is 0.0691. The van der Waals surface area contributed by atoms with Crippen LogP contribution in [-0.2, 0) is 0 Å². The fourth-order valence-electron chi connectivity index (χ4n) is 5.84. The number of amides is 4. The second-order valence-electron chi connectivity index (χ2n) is 15.8. The van der Waals surface area contributed by atoms with Gasteiger partial charge in [-0.1, -0.05) is 66.2 Å². The molecule has 6 rings (SSSR count). The number of hydrogen-bond acceptors (Lipinski definition) is 6. The molecule has 24 heteroatoms. The Morgan fingerprint density at radius 1 is 0.355 bits per heavy atom. The minimum absolute atomic E-state index is 0.0460. The summed E-state index contributed by atoms with van der Waals surface area (Å²) in [4.78, 5) is 75.0. The van der Waals surface area contributed by atoms with Gasteiger partial charge in [0.15, 0.2) is 0 Å². The highest BCUT2D eigenvalue weighted by Gasteiger charge is 2.22. The monoisotopic (exact) mass is 1080 g/mol. The SMILES string of the molecule is CC(F)(F)F.CC(F)(F)F.CC(F)(F)F.CC(F)(F)F.CNC(=O)c1ccc(C(=O)Nc2ccc(-c3ccc(NC(=O)c4ccc(C(=O)Nc5ccc(-c6ccc(C)cc6)cc5)c(C(=O)O)c4)cc3)cc2)cc1C(=O)O. The third-order valence-corrected chi connectivity index (χ3v) is 8.89. The number of carboxylic acids is 2. The molecule has 6 aromatic carbocycles. The number of nitrogens with one attached hydrogen (secondary N) is 4. The molecule has 0 spiro atoms. The van der Waals surface area contributed by atoms with Gasteiger partial charge in [-0.15, -0.1) is 0 Å². The van der Waals surface area contributed by atoms with Gasteiger partial charge < -0.3 is 31.5 Å². The zero-order valence-electron chi connectivity index (χ0n) is 40.6. The van der Waals surface area contributed by atoms with Crippen LogP contribution in [0.3, 0.4) is 0 Å². The van der Waals surface area contributed by atoms with Crippen molar-refractivity contribution in [1.82, 2.24) is 5.32 Å². The van der Waals surface area contributed by atoms with Crippen LogP contribution in [0.5, 0.6) is 0 Å². The Morgan fingerprint density at radius 3 is 0.842 bits per heavy atom. The van der Waals surface area contributed by atoms with Crippen LogP contribution >= 0.6 is 0 Å². The van der Waals surface area contributed by atoms with E-state index in [1.807, 2.05) is 43.3 Å². The normalized spacial score (nSPS) is 10.9. The molecule has 0 atom stereocenters. The molecule has 0 bridgehead atoms. The first-order valence-electron chi connectivity index (χ1n) is 21.5. The first-order valence-corrected chi connectivity index (χ1v) is 21.5. The molecule has 0 unspecified atom stereocenters. The van der Waals surface area contributed by atoms with Crippen LogP contribution in [0, 0.1) is 6.92 Å². The summed E-state index contributed by atoms with van der Waals surface area (Å²) in [6.45, 7) is 2.76. The molecule has 0 radical (unpaired) electrons. The molecule has 6 N–H and O–H groups in total. The molecule has 0 aliphatic heterocycles. The summed E-state index contributed by atoms with van der Waals surface area (Å²) >= 11 is 0. The minimum Gasteiger partial charge on any atom is -0.478 e. The Bertz CT molecular complexity index is 2870. The number of halogens is 12. The lowest BCUT2D eigenvalue weighted by atomic mass is 10.0. The number of carbonyl (C=O) groups is 6. The van der Waals surface area contributed by atoms with Gasteiger partial charge in [0.25, 0.3) is 23.6 Å². The van der Waals surface area contributed by atoms with Crippen molar-refractivity contribution < 1.29 is 91.7 Å². The van der Waals surface area contributed by atoms with E-state index in [1.54, 1.807) is 60.7 Å². The van der Waals surface area contributed by atoms with Gasteiger partial charge in [0.2, 0.25) is 0 Å². The topological polar surface area (TPSA) is 191 Å². The second-order valence-corrected chi connectivity index (χ2v) is 15.8. The molecule has 0 aromatic heterocycles. The minimum atomic E-state index is -4.00. The lowest BCUT2D eigenvalue weighted by molar-refractivity contribution is -0.111. The van der Waals surface area contributed by atoms with Gasteiger partial charge in [-0.3, -0.25) is 19.2 Å². The van der Waals surface area contributed by atoms with Crippen LogP contribution in [0.15, 0.2) is 133 Å². The van der Waals surface area contributed by atoms with Gasteiger partial charge >= 0.3 is 36.6 Å². The van der Waals surface area contributed by atoms with Crippen LogP contribution in [0.1, 0.15) is 95.4 Å². The van der Waals surface area contributed by atoms with Gasteiger partial charge in [-0.2, -0.15) is 52.7 Å². The first-order chi connectivity index (χ1) is 34.9. The van der Waals surface area contributed by atoms with Crippen molar-refractivity contribution in [3.63, 3.8) is 0 Å². The molecule has 0 fully saturated rings. The van der Waals surface area contributed by atoms with E-state index in [-0.39, 0.29) is 61.1 Å². The number of carboxylic acid groups (broad SMARTS) is 2. The molecular weight excluding hydrogens is 1040 g/mol. The van der Waals surface area contributed by atoms with E-state index in [4.69, 9.17) is 0 Å². The van der Waals surface area contributed by atoms with E-state index in [0.717, 1.165) is 39.9 Å².